The molecule has 2 saturated carbocycles. The largest absolute Gasteiger partial charge is 0.378 e. The average Bonchev–Trinajstić information content (AvgIpc) is 3.30. The predicted molar refractivity (Wildman–Crippen MR) is 103 cm³/mol. The molecule has 2 heterocycles. The number of amides is 2. The van der Waals surface area contributed by atoms with Crippen molar-refractivity contribution in [1.82, 2.24) is 15.6 Å². The van der Waals surface area contributed by atoms with Gasteiger partial charge in [0.2, 0.25) is 5.91 Å². The second-order valence-corrected chi connectivity index (χ2v) is 9.73. The molecule has 1 aliphatic heterocycles. The van der Waals surface area contributed by atoms with Gasteiger partial charge in [-0.2, -0.15) is 0 Å². The van der Waals surface area contributed by atoms with E-state index >= 15 is 0 Å². The third kappa shape index (κ3) is 3.09. The minimum atomic E-state index is -0.119. The van der Waals surface area contributed by atoms with Crippen molar-refractivity contribution in [3.05, 3.63) is 16.6 Å². The second-order valence-electron chi connectivity index (χ2n) is 9.01. The third-order valence-electron chi connectivity index (χ3n) is 7.35. The van der Waals surface area contributed by atoms with E-state index in [1.54, 1.807) is 17.8 Å². The van der Waals surface area contributed by atoms with Gasteiger partial charge in [0.25, 0.3) is 5.91 Å². The van der Waals surface area contributed by atoms with E-state index in [2.05, 4.69) is 29.5 Å². The molecule has 1 saturated heterocycles. The quantitative estimate of drug-likeness (QED) is 0.809. The van der Waals surface area contributed by atoms with Gasteiger partial charge in [-0.3, -0.25) is 9.59 Å². The van der Waals surface area contributed by atoms with Gasteiger partial charge >= 0.3 is 0 Å². The number of rotatable bonds is 5. The van der Waals surface area contributed by atoms with E-state index in [0.717, 1.165) is 25.9 Å². The maximum absolute atomic E-state index is 12.1. The van der Waals surface area contributed by atoms with E-state index in [9.17, 15) is 9.59 Å². The van der Waals surface area contributed by atoms with Crippen LogP contribution in [0.1, 0.15) is 56.9 Å². The van der Waals surface area contributed by atoms with Crippen LogP contribution in [0.3, 0.4) is 0 Å². The Morgan fingerprint density at radius 1 is 1.41 bits per heavy atom. The van der Waals surface area contributed by atoms with Gasteiger partial charge in [0.1, 0.15) is 5.69 Å². The second kappa shape index (κ2) is 6.85. The summed E-state index contributed by atoms with van der Waals surface area (Å²) in [5, 5.41) is 8.03. The summed E-state index contributed by atoms with van der Waals surface area (Å²) in [6.07, 6.45) is 4.31. The van der Waals surface area contributed by atoms with Crippen LogP contribution in [0.2, 0.25) is 0 Å². The van der Waals surface area contributed by atoms with Crippen LogP contribution < -0.4 is 10.6 Å². The highest BCUT2D eigenvalue weighted by atomic mass is 32.1. The number of thiazole rings is 1. The average molecular weight is 392 g/mol. The van der Waals surface area contributed by atoms with Crippen molar-refractivity contribution < 1.29 is 14.3 Å². The molecule has 2 bridgehead atoms. The van der Waals surface area contributed by atoms with Crippen LogP contribution in [0.5, 0.6) is 0 Å². The topological polar surface area (TPSA) is 80.3 Å². The number of carbonyl (C=O) groups excluding carboxylic acids is 2. The molecule has 148 valence electrons. The number of ether oxygens (including phenoxy) is 1. The first-order valence-electron chi connectivity index (χ1n) is 9.89. The first-order chi connectivity index (χ1) is 12.8. The molecule has 1 unspecified atom stereocenters. The lowest BCUT2D eigenvalue weighted by Crippen LogP contribution is -2.60. The summed E-state index contributed by atoms with van der Waals surface area (Å²) in [6, 6.07) is 0.210. The lowest BCUT2D eigenvalue weighted by Gasteiger charge is -2.53. The summed E-state index contributed by atoms with van der Waals surface area (Å²) in [6.45, 7) is 7.56. The minimum Gasteiger partial charge on any atom is -0.378 e. The van der Waals surface area contributed by atoms with Crippen molar-refractivity contribution in [3.8, 4) is 0 Å². The van der Waals surface area contributed by atoms with Gasteiger partial charge < -0.3 is 15.4 Å². The molecule has 2 N–H and O–H groups in total. The van der Waals surface area contributed by atoms with Gasteiger partial charge in [0, 0.05) is 31.5 Å². The Balaban J connectivity index is 1.43. The van der Waals surface area contributed by atoms with E-state index in [1.165, 1.54) is 17.8 Å². The molecule has 1 aromatic heterocycles. The van der Waals surface area contributed by atoms with E-state index in [0.29, 0.717) is 24.1 Å². The fourth-order valence-electron chi connectivity index (χ4n) is 6.14. The fraction of sp³-hybridized carbons (Fsp3) is 0.750. The smallest absolute Gasteiger partial charge is 0.270 e. The van der Waals surface area contributed by atoms with Gasteiger partial charge in [-0.15, -0.1) is 11.3 Å². The van der Waals surface area contributed by atoms with Crippen LogP contribution >= 0.6 is 11.3 Å². The van der Waals surface area contributed by atoms with Crippen molar-refractivity contribution in [3.63, 3.8) is 0 Å². The van der Waals surface area contributed by atoms with E-state index in [4.69, 9.17) is 4.74 Å². The summed E-state index contributed by atoms with van der Waals surface area (Å²) in [4.78, 5) is 28.0. The molecule has 1 aromatic rings. The van der Waals surface area contributed by atoms with Crippen molar-refractivity contribution in [2.24, 2.45) is 22.7 Å². The van der Waals surface area contributed by atoms with Gasteiger partial charge in [0.05, 0.1) is 11.6 Å². The lowest BCUT2D eigenvalue weighted by atomic mass is 9.59. The molecule has 1 spiro atoms. The highest BCUT2D eigenvalue weighted by Crippen LogP contribution is 2.68. The molecule has 5 atom stereocenters. The number of fused-ring (bicyclic) bond motifs is 1. The molecule has 3 fully saturated rings. The van der Waals surface area contributed by atoms with Crippen molar-refractivity contribution in [2.75, 3.05) is 13.2 Å². The Labute approximate surface area is 164 Å². The molecule has 3 aliphatic rings. The van der Waals surface area contributed by atoms with E-state index in [-0.39, 0.29) is 34.8 Å². The van der Waals surface area contributed by atoms with Gasteiger partial charge in [-0.1, -0.05) is 13.8 Å². The maximum Gasteiger partial charge on any atom is 0.270 e. The predicted octanol–water partition coefficient (Wildman–Crippen LogP) is 2.61. The van der Waals surface area contributed by atoms with Gasteiger partial charge in [-0.25, -0.2) is 4.98 Å². The summed E-state index contributed by atoms with van der Waals surface area (Å²) < 4.78 is 6.16. The zero-order valence-corrected chi connectivity index (χ0v) is 17.1. The van der Waals surface area contributed by atoms with Crippen LogP contribution in [0.15, 0.2) is 10.9 Å². The Morgan fingerprint density at radius 2 is 2.22 bits per heavy atom. The molecule has 27 heavy (non-hydrogen) atoms. The molecule has 2 aliphatic carbocycles. The molecular weight excluding hydrogens is 362 g/mol. The van der Waals surface area contributed by atoms with Crippen LogP contribution in [0.4, 0.5) is 0 Å². The zero-order valence-electron chi connectivity index (χ0n) is 16.3. The third-order valence-corrected chi connectivity index (χ3v) is 7.94. The van der Waals surface area contributed by atoms with Crippen LogP contribution in [-0.4, -0.2) is 42.1 Å². The Kier molecular flexibility index (Phi) is 4.79. The standard InChI is InChI=1S/C20H29N3O3S/c1-12(24)23-18-19(2,3)13-8-14-16(26-7-5-20(14,18)9-13)4-6-21-17(25)15-10-27-11-22-15/h10-11,13-14,16,18H,4-9H2,1-3H3,(H,21,25)(H,23,24)/t13-,14-,16-,18+,20?/m1/s1. The zero-order chi connectivity index (χ0) is 19.2. The Bertz CT molecular complexity index is 720. The first kappa shape index (κ1) is 18.9. The van der Waals surface area contributed by atoms with Crippen molar-refractivity contribution in [1.29, 1.82) is 0 Å². The summed E-state index contributed by atoms with van der Waals surface area (Å²) in [7, 11) is 0. The summed E-state index contributed by atoms with van der Waals surface area (Å²) in [5.41, 5.74) is 2.42. The number of carbonyl (C=O) groups is 2. The van der Waals surface area contributed by atoms with E-state index < -0.39 is 0 Å². The molecule has 2 amide bonds. The van der Waals surface area contributed by atoms with Gasteiger partial charge in [-0.05, 0) is 48.3 Å². The summed E-state index contributed by atoms with van der Waals surface area (Å²) >= 11 is 1.42. The highest BCUT2D eigenvalue weighted by molar-refractivity contribution is 7.07. The molecule has 4 rings (SSSR count). The van der Waals surface area contributed by atoms with Crippen molar-refractivity contribution >= 4 is 23.2 Å². The minimum absolute atomic E-state index is 0.0623. The number of nitrogens with one attached hydrogen (secondary N) is 2. The molecule has 0 radical (unpaired) electrons. The monoisotopic (exact) mass is 391 g/mol. The van der Waals surface area contributed by atoms with Crippen LogP contribution in [-0.2, 0) is 9.53 Å². The highest BCUT2D eigenvalue weighted by Gasteiger charge is 2.68. The Hall–Kier alpha value is -1.47. The molecule has 0 aromatic carbocycles. The van der Waals surface area contributed by atoms with E-state index in [1.807, 2.05) is 0 Å². The SMILES string of the molecule is CC(=O)N[C@H]1C(C)(C)[C@@H]2C[C@@H]3[C@@H](CCNC(=O)c4cscn4)OCCC31C2. The van der Waals surface area contributed by atoms with Crippen LogP contribution in [0.25, 0.3) is 0 Å². The number of aromatic nitrogens is 1. The number of hydrogen-bond donors (Lipinski definition) is 2. The van der Waals surface area contributed by atoms with Gasteiger partial charge in [0.15, 0.2) is 0 Å². The fourth-order valence-corrected chi connectivity index (χ4v) is 6.67. The number of hydrogen-bond acceptors (Lipinski definition) is 5. The Morgan fingerprint density at radius 3 is 2.93 bits per heavy atom. The first-order valence-corrected chi connectivity index (χ1v) is 10.8. The number of nitrogens with zero attached hydrogens (tertiary/aromatic N) is 1. The lowest BCUT2D eigenvalue weighted by molar-refractivity contribution is -0.135. The van der Waals surface area contributed by atoms with Crippen LogP contribution in [0, 0.1) is 22.7 Å². The molecular formula is C20H29N3O3S. The summed E-state index contributed by atoms with van der Waals surface area (Å²) in [5.74, 6) is 1.02. The van der Waals surface area contributed by atoms with Crippen molar-refractivity contribution in [2.45, 2.75) is 58.6 Å². The molecule has 6 nitrogen and oxygen atoms in total. The molecule has 7 heteroatoms. The maximum atomic E-state index is 12.1. The normalized spacial score (nSPS) is 36.3.